The summed E-state index contributed by atoms with van der Waals surface area (Å²) in [4.78, 5) is 35.9. The van der Waals surface area contributed by atoms with Gasteiger partial charge >= 0.3 is 5.97 Å². The Morgan fingerprint density at radius 2 is 1.69 bits per heavy atom. The summed E-state index contributed by atoms with van der Waals surface area (Å²) in [7, 11) is 2.23. The Morgan fingerprint density at radius 1 is 1.00 bits per heavy atom. The van der Waals surface area contributed by atoms with Crippen molar-refractivity contribution in [3.63, 3.8) is 0 Å². The molecule has 0 spiro atoms. The van der Waals surface area contributed by atoms with Crippen molar-refractivity contribution in [2.24, 2.45) is 17.4 Å². The predicted octanol–water partition coefficient (Wildman–Crippen LogP) is 7.04. The average molecular weight is 752 g/mol. The molecule has 0 amide bonds. The highest BCUT2D eigenvalue weighted by Gasteiger charge is 2.26. The van der Waals surface area contributed by atoms with Gasteiger partial charge in [0.2, 0.25) is 0 Å². The van der Waals surface area contributed by atoms with Crippen molar-refractivity contribution in [1.82, 2.24) is 19.6 Å². The van der Waals surface area contributed by atoms with E-state index >= 15 is 0 Å². The van der Waals surface area contributed by atoms with E-state index < -0.39 is 5.97 Å². The fourth-order valence-electron chi connectivity index (χ4n) is 6.81. The highest BCUT2D eigenvalue weighted by atomic mass is 16.4. The standard InChI is InChI=1S/C30H49N5.C6H12N2.C5H8O3.C2H4O/c1-6-8-9-10-11-26-12-13-33(22-26)23-27(7-2)28-19-29(34-16-14-32(5)15-17-34)21-30(20-28)35-25(4)18-24(3)31-35;1-6(2-4-7)3-5-8;6-4-2-1-3-5(7)8;1-2-3/h18-21,26-27H,6-17,22-23H2,1-5H3;2-4H,5,7-8H2,1H3;4H,1-3H2,(H,7,8);2H,1H3/b;4-2-,6-3-;;. The molecule has 2 atom stereocenters. The summed E-state index contributed by atoms with van der Waals surface area (Å²) < 4.78 is 2.15. The summed E-state index contributed by atoms with van der Waals surface area (Å²) >= 11 is 0. The van der Waals surface area contributed by atoms with Crippen LogP contribution in [0.4, 0.5) is 5.69 Å². The number of hydrogen-bond acceptors (Lipinski definition) is 9. The Labute approximate surface area is 326 Å². The molecule has 2 unspecified atom stereocenters. The molecule has 3 heterocycles. The summed E-state index contributed by atoms with van der Waals surface area (Å²) in [5, 5.41) is 12.9. The summed E-state index contributed by atoms with van der Waals surface area (Å²) in [5.41, 5.74) is 17.8. The number of aldehydes is 2. The zero-order valence-electron chi connectivity index (χ0n) is 34.6. The Balaban J connectivity index is 0.000000633. The molecule has 4 rings (SSSR count). The van der Waals surface area contributed by atoms with Crippen LogP contribution in [-0.2, 0) is 14.4 Å². The van der Waals surface area contributed by atoms with Gasteiger partial charge < -0.3 is 40.9 Å². The number of likely N-dealkylation sites (N-methyl/N-ethyl adjacent to an activating group) is 1. The van der Waals surface area contributed by atoms with E-state index in [-0.39, 0.29) is 6.42 Å². The molecule has 0 saturated carbocycles. The number of rotatable bonds is 17. The fourth-order valence-corrected chi connectivity index (χ4v) is 6.81. The third kappa shape index (κ3) is 19.5. The molecular weight excluding hydrogens is 679 g/mol. The summed E-state index contributed by atoms with van der Waals surface area (Å²) in [6, 6.07) is 9.46. The maximum absolute atomic E-state index is 9.76. The van der Waals surface area contributed by atoms with Gasteiger partial charge in [0.25, 0.3) is 0 Å². The predicted molar refractivity (Wildman–Crippen MR) is 225 cm³/mol. The van der Waals surface area contributed by atoms with Crippen molar-refractivity contribution in [3.8, 4) is 5.69 Å². The number of hydrogen-bond donors (Lipinski definition) is 3. The van der Waals surface area contributed by atoms with E-state index in [1.54, 1.807) is 0 Å². The van der Waals surface area contributed by atoms with Crippen molar-refractivity contribution in [2.45, 2.75) is 112 Å². The summed E-state index contributed by atoms with van der Waals surface area (Å²) in [6.07, 6.45) is 17.2. The van der Waals surface area contributed by atoms with Gasteiger partial charge in [0.05, 0.1) is 11.4 Å². The third-order valence-electron chi connectivity index (χ3n) is 9.84. The molecule has 2 fully saturated rings. The molecule has 2 saturated heterocycles. The molecule has 0 radical (unpaired) electrons. The fraction of sp³-hybridized carbons (Fsp3) is 0.628. The normalized spacial score (nSPS) is 16.8. The lowest BCUT2D eigenvalue weighted by molar-refractivity contribution is -0.137. The van der Waals surface area contributed by atoms with Crippen molar-refractivity contribution < 1.29 is 19.5 Å². The van der Waals surface area contributed by atoms with E-state index in [0.717, 1.165) is 55.9 Å². The summed E-state index contributed by atoms with van der Waals surface area (Å²) in [5.74, 6) is 0.634. The first kappa shape index (κ1) is 48.2. The van der Waals surface area contributed by atoms with Gasteiger partial charge in [-0.3, -0.25) is 4.79 Å². The number of allylic oxidation sites excluding steroid dienone is 2. The third-order valence-corrected chi connectivity index (χ3v) is 9.84. The van der Waals surface area contributed by atoms with Crippen molar-refractivity contribution in [2.75, 3.05) is 64.3 Å². The highest BCUT2D eigenvalue weighted by Crippen LogP contribution is 2.32. The van der Waals surface area contributed by atoms with E-state index in [2.05, 4.69) is 78.4 Å². The van der Waals surface area contributed by atoms with Crippen LogP contribution in [0.3, 0.4) is 0 Å². The smallest absolute Gasteiger partial charge is 0.303 e. The number of carbonyl (C=O) groups excluding carboxylic acids is 2. The number of carboxylic acid groups (broad SMARTS) is 1. The van der Waals surface area contributed by atoms with Crippen LogP contribution in [0.2, 0.25) is 0 Å². The van der Waals surface area contributed by atoms with Crippen LogP contribution >= 0.6 is 0 Å². The van der Waals surface area contributed by atoms with Crippen LogP contribution in [0.1, 0.15) is 115 Å². The van der Waals surface area contributed by atoms with Gasteiger partial charge in [0.15, 0.2) is 0 Å². The molecule has 304 valence electrons. The van der Waals surface area contributed by atoms with Crippen LogP contribution in [-0.4, -0.2) is 103 Å². The second-order valence-electron chi connectivity index (χ2n) is 14.5. The Morgan fingerprint density at radius 3 is 2.24 bits per heavy atom. The first-order valence-electron chi connectivity index (χ1n) is 20.1. The zero-order valence-corrected chi connectivity index (χ0v) is 34.6. The van der Waals surface area contributed by atoms with Crippen LogP contribution in [0.25, 0.3) is 5.69 Å². The topological polar surface area (TPSA) is 151 Å². The van der Waals surface area contributed by atoms with Crippen LogP contribution in [0, 0.1) is 19.8 Å². The minimum Gasteiger partial charge on any atom is -0.481 e. The molecule has 1 aromatic heterocycles. The van der Waals surface area contributed by atoms with E-state index in [4.69, 9.17) is 26.5 Å². The molecule has 2 aliphatic rings. The van der Waals surface area contributed by atoms with Gasteiger partial charge in [-0.05, 0) is 121 Å². The van der Waals surface area contributed by atoms with Gasteiger partial charge in [-0.15, -0.1) is 0 Å². The van der Waals surface area contributed by atoms with Gasteiger partial charge in [0, 0.05) is 70.0 Å². The van der Waals surface area contributed by atoms with Crippen molar-refractivity contribution >= 4 is 24.2 Å². The molecule has 11 nitrogen and oxygen atoms in total. The molecular formula is C43H73N7O4. The zero-order chi connectivity index (χ0) is 40.3. The van der Waals surface area contributed by atoms with Crippen molar-refractivity contribution in [1.29, 1.82) is 0 Å². The number of aryl methyl sites for hydroxylation is 2. The number of nitrogens with two attached hydrogens (primary N) is 2. The van der Waals surface area contributed by atoms with E-state index in [1.807, 2.05) is 19.1 Å². The van der Waals surface area contributed by atoms with Crippen LogP contribution in [0.5, 0.6) is 0 Å². The number of piperazine rings is 1. The number of unbranched alkanes of at least 4 members (excludes halogenated alkanes) is 4. The molecule has 0 aliphatic carbocycles. The summed E-state index contributed by atoms with van der Waals surface area (Å²) in [6.45, 7) is 21.1. The molecule has 1 aromatic carbocycles. The first-order chi connectivity index (χ1) is 26.0. The number of likely N-dealkylation sites (tertiary alicyclic amines) is 1. The van der Waals surface area contributed by atoms with Crippen LogP contribution < -0.4 is 16.4 Å². The highest BCUT2D eigenvalue weighted by molar-refractivity contribution is 5.67. The van der Waals surface area contributed by atoms with Gasteiger partial charge in [-0.2, -0.15) is 5.10 Å². The lowest BCUT2D eigenvalue weighted by Gasteiger charge is -2.35. The number of aliphatic carboxylic acids is 1. The second-order valence-corrected chi connectivity index (χ2v) is 14.5. The van der Waals surface area contributed by atoms with E-state index in [0.29, 0.717) is 25.3 Å². The lowest BCUT2D eigenvalue weighted by atomic mass is 9.94. The lowest BCUT2D eigenvalue weighted by Crippen LogP contribution is -2.44. The van der Waals surface area contributed by atoms with E-state index in [9.17, 15) is 9.59 Å². The maximum atomic E-state index is 9.76. The van der Waals surface area contributed by atoms with Gasteiger partial charge in [-0.25, -0.2) is 4.68 Å². The van der Waals surface area contributed by atoms with Crippen LogP contribution in [0.15, 0.2) is 48.2 Å². The number of carboxylic acids is 1. The molecule has 2 aromatic rings. The SMILES string of the molecule is CC(/C=C\N)=C/CN.CC=O.CCCCCCC1CCN(CC(CC)c2cc(N3CCN(C)CC3)cc(-n3nc(C)cc3C)c2)C1.O=CCCCC(=O)O. The van der Waals surface area contributed by atoms with E-state index in [1.165, 1.54) is 100 Å². The van der Waals surface area contributed by atoms with Gasteiger partial charge in [-0.1, -0.05) is 51.2 Å². The average Bonchev–Trinajstić information content (AvgIpc) is 3.74. The number of anilines is 1. The molecule has 5 N–H and O–H groups in total. The Hall–Kier alpha value is -3.80. The van der Waals surface area contributed by atoms with Gasteiger partial charge in [0.1, 0.15) is 12.6 Å². The number of carbonyl (C=O) groups is 3. The number of nitrogens with zero attached hydrogens (tertiary/aromatic N) is 5. The largest absolute Gasteiger partial charge is 0.481 e. The molecule has 54 heavy (non-hydrogen) atoms. The molecule has 11 heteroatoms. The minimum absolute atomic E-state index is 0.0960. The van der Waals surface area contributed by atoms with Crippen molar-refractivity contribution in [3.05, 3.63) is 65.1 Å². The minimum atomic E-state index is -0.841. The maximum Gasteiger partial charge on any atom is 0.303 e. The quantitative estimate of drug-likeness (QED) is 0.0873. The number of aromatic nitrogens is 2. The Kier molecular flexibility index (Phi) is 25.6. The first-order valence-corrected chi connectivity index (χ1v) is 20.1. The monoisotopic (exact) mass is 752 g/mol. The second kappa shape index (κ2) is 28.6. The number of benzene rings is 1. The molecule has 2 aliphatic heterocycles. The Bertz CT molecular complexity index is 1400. The molecule has 0 bridgehead atoms.